The van der Waals surface area contributed by atoms with Crippen LogP contribution in [0.1, 0.15) is 18.6 Å². The molecular formula is C19H26N2O11S3. The van der Waals surface area contributed by atoms with Crippen molar-refractivity contribution in [3.63, 3.8) is 0 Å². The summed E-state index contributed by atoms with van der Waals surface area (Å²) >= 11 is -2.26. The summed E-state index contributed by atoms with van der Waals surface area (Å²) in [6.45, 7) is 2.27. The van der Waals surface area contributed by atoms with E-state index in [1.165, 1.54) is 6.07 Å². The van der Waals surface area contributed by atoms with Gasteiger partial charge >= 0.3 is 10.4 Å². The number of rotatable bonds is 12. The highest BCUT2D eigenvalue weighted by Crippen LogP contribution is 2.32. The maximum absolute atomic E-state index is 12.2. The fourth-order valence-corrected chi connectivity index (χ4v) is 4.30. The van der Waals surface area contributed by atoms with E-state index in [1.54, 1.807) is 26.0 Å². The summed E-state index contributed by atoms with van der Waals surface area (Å²) in [5.41, 5.74) is 1.58. The van der Waals surface area contributed by atoms with Crippen LogP contribution in [0.2, 0.25) is 0 Å². The molecule has 1 atom stereocenters. The lowest BCUT2D eigenvalue weighted by Crippen LogP contribution is -2.11. The Hall–Kier alpha value is -2.31. The first-order valence-corrected chi connectivity index (χ1v) is 13.2. The van der Waals surface area contributed by atoms with E-state index in [0.717, 1.165) is 17.7 Å². The van der Waals surface area contributed by atoms with Crippen LogP contribution in [0, 0.1) is 13.8 Å². The Labute approximate surface area is 206 Å². The van der Waals surface area contributed by atoms with Crippen molar-refractivity contribution in [1.82, 2.24) is 0 Å². The zero-order chi connectivity index (χ0) is 25.5. The quantitative estimate of drug-likeness (QED) is 0.198. The SMILES string of the molecule is C.Cc1cc(C)c(OCCO)cc1N=Nc1ccc(S(=O)OCCOS(=O)(=O)O)cc1S(=O)(=O)O. The monoisotopic (exact) mass is 554 g/mol. The van der Waals surface area contributed by atoms with Crippen LogP contribution in [0.4, 0.5) is 11.4 Å². The fourth-order valence-electron chi connectivity index (χ4n) is 2.55. The Morgan fingerprint density at radius 2 is 1.57 bits per heavy atom. The minimum Gasteiger partial charge on any atom is -0.491 e. The van der Waals surface area contributed by atoms with Gasteiger partial charge in [-0.1, -0.05) is 13.5 Å². The number of aliphatic hydroxyl groups is 1. The smallest absolute Gasteiger partial charge is 0.397 e. The molecule has 196 valence electrons. The predicted octanol–water partition coefficient (Wildman–Crippen LogP) is 2.83. The Bertz CT molecular complexity index is 1290. The minimum atomic E-state index is -4.81. The van der Waals surface area contributed by atoms with Gasteiger partial charge in [0.2, 0.25) is 0 Å². The highest BCUT2D eigenvalue weighted by atomic mass is 32.3. The number of aryl methyl sites for hydroxylation is 2. The van der Waals surface area contributed by atoms with Crippen LogP contribution < -0.4 is 4.74 Å². The molecule has 0 aliphatic heterocycles. The molecule has 2 rings (SSSR count). The van der Waals surface area contributed by atoms with E-state index in [9.17, 15) is 25.6 Å². The summed E-state index contributed by atoms with van der Waals surface area (Å²) in [5, 5.41) is 16.8. The van der Waals surface area contributed by atoms with Gasteiger partial charge in [-0.25, -0.2) is 8.39 Å². The first-order valence-electron chi connectivity index (χ1n) is 9.37. The van der Waals surface area contributed by atoms with Crippen LogP contribution in [0.25, 0.3) is 0 Å². The summed E-state index contributed by atoms with van der Waals surface area (Å²) in [4.78, 5) is -0.869. The molecule has 0 fully saturated rings. The van der Waals surface area contributed by atoms with Gasteiger partial charge in [-0.15, -0.1) is 5.11 Å². The van der Waals surface area contributed by atoms with E-state index in [2.05, 4.69) is 14.4 Å². The lowest BCUT2D eigenvalue weighted by molar-refractivity contribution is 0.200. The normalized spacial score (nSPS) is 12.9. The molecule has 0 radical (unpaired) electrons. The summed E-state index contributed by atoms with van der Waals surface area (Å²) in [7, 11) is -9.50. The second-order valence-electron chi connectivity index (χ2n) is 6.59. The van der Waals surface area contributed by atoms with Crippen molar-refractivity contribution in [3.05, 3.63) is 41.5 Å². The third kappa shape index (κ3) is 9.69. The number of nitrogens with zero attached hydrogens (tertiary/aromatic N) is 2. The van der Waals surface area contributed by atoms with Crippen LogP contribution >= 0.6 is 0 Å². The number of hydrogen-bond donors (Lipinski definition) is 3. The van der Waals surface area contributed by atoms with Gasteiger partial charge < -0.3 is 9.84 Å². The number of benzene rings is 2. The van der Waals surface area contributed by atoms with E-state index in [-0.39, 0.29) is 31.2 Å². The van der Waals surface area contributed by atoms with Gasteiger partial charge in [-0.05, 0) is 43.2 Å². The highest BCUT2D eigenvalue weighted by Gasteiger charge is 2.19. The van der Waals surface area contributed by atoms with E-state index in [4.69, 9.17) is 18.6 Å². The largest absolute Gasteiger partial charge is 0.491 e. The van der Waals surface area contributed by atoms with Crippen LogP contribution in [-0.4, -0.2) is 61.7 Å². The van der Waals surface area contributed by atoms with Crippen molar-refractivity contribution in [2.75, 3.05) is 26.4 Å². The molecule has 35 heavy (non-hydrogen) atoms. The first kappa shape index (κ1) is 30.7. The molecule has 3 N–H and O–H groups in total. The van der Waals surface area contributed by atoms with Crippen molar-refractivity contribution >= 4 is 43.0 Å². The van der Waals surface area contributed by atoms with E-state index < -0.39 is 49.7 Å². The molecule has 2 aromatic rings. The molecule has 0 bridgehead atoms. The third-order valence-corrected chi connectivity index (χ3v) is 6.38. The van der Waals surface area contributed by atoms with Gasteiger partial charge in [0.15, 0.2) is 11.1 Å². The van der Waals surface area contributed by atoms with E-state index in [0.29, 0.717) is 17.0 Å². The van der Waals surface area contributed by atoms with Crippen molar-refractivity contribution in [2.24, 2.45) is 10.2 Å². The fraction of sp³-hybridized carbons (Fsp3) is 0.368. The summed E-state index contributed by atoms with van der Waals surface area (Å²) < 4.78 is 89.2. The number of ether oxygens (including phenoxy) is 1. The highest BCUT2D eigenvalue weighted by molar-refractivity contribution is 7.86. The van der Waals surface area contributed by atoms with E-state index >= 15 is 0 Å². The lowest BCUT2D eigenvalue weighted by Gasteiger charge is -2.10. The molecule has 0 aromatic heterocycles. The number of aliphatic hydroxyl groups excluding tert-OH is 1. The molecule has 1 unspecified atom stereocenters. The second-order valence-corrected chi connectivity index (χ2v) is 10.2. The Morgan fingerprint density at radius 1 is 0.914 bits per heavy atom. The molecule has 16 heteroatoms. The Morgan fingerprint density at radius 3 is 2.17 bits per heavy atom. The topological polar surface area (TPSA) is 198 Å². The number of azo groups is 1. The van der Waals surface area contributed by atoms with E-state index in [1.807, 2.05) is 0 Å². The van der Waals surface area contributed by atoms with Gasteiger partial charge in [0.05, 0.1) is 30.4 Å². The Kier molecular flexibility index (Phi) is 11.5. The Balaban J connectivity index is 0.00000612. The zero-order valence-corrected chi connectivity index (χ0v) is 20.4. The van der Waals surface area contributed by atoms with Crippen molar-refractivity contribution < 1.29 is 48.4 Å². The third-order valence-electron chi connectivity index (χ3n) is 4.02. The van der Waals surface area contributed by atoms with Crippen molar-refractivity contribution in [3.8, 4) is 5.75 Å². The maximum atomic E-state index is 12.2. The molecular weight excluding hydrogens is 528 g/mol. The predicted molar refractivity (Wildman–Crippen MR) is 126 cm³/mol. The molecule has 2 aromatic carbocycles. The van der Waals surface area contributed by atoms with Gasteiger partial charge in [0.1, 0.15) is 22.9 Å². The number of hydrogen-bond acceptors (Lipinski definition) is 11. The van der Waals surface area contributed by atoms with Crippen LogP contribution in [-0.2, 0) is 40.0 Å². The molecule has 0 heterocycles. The molecule has 0 saturated heterocycles. The van der Waals surface area contributed by atoms with Gasteiger partial charge in [-0.2, -0.15) is 21.9 Å². The van der Waals surface area contributed by atoms with Crippen molar-refractivity contribution in [2.45, 2.75) is 31.1 Å². The van der Waals surface area contributed by atoms with Crippen molar-refractivity contribution in [1.29, 1.82) is 0 Å². The molecule has 0 amide bonds. The standard InChI is InChI=1S/C18H22N2O11S3.CH4/c1-12-9-13(2)17(29-6-5-21)11-16(12)20-19-15-4-3-14(10-18(15)33(23,24)25)32(22)30-7-8-31-34(26,27)28;/h3-4,9-11,21H,5-8H2,1-2H3,(H,23,24,25)(H,26,27,28);1H4. The molecule has 13 nitrogen and oxygen atoms in total. The van der Waals surface area contributed by atoms with Gasteiger partial charge in [0, 0.05) is 6.07 Å². The maximum Gasteiger partial charge on any atom is 0.397 e. The average molecular weight is 555 g/mol. The molecule has 0 saturated carbocycles. The van der Waals surface area contributed by atoms with Crippen LogP contribution in [0.15, 0.2) is 50.4 Å². The van der Waals surface area contributed by atoms with Gasteiger partial charge in [0.25, 0.3) is 10.1 Å². The second kappa shape index (κ2) is 13.1. The summed E-state index contributed by atoms with van der Waals surface area (Å²) in [6, 6.07) is 6.54. The minimum absolute atomic E-state index is 0. The molecule has 0 spiro atoms. The van der Waals surface area contributed by atoms with Gasteiger partial charge in [-0.3, -0.25) is 13.3 Å². The van der Waals surface area contributed by atoms with Crippen LogP contribution in [0.3, 0.4) is 0 Å². The van der Waals surface area contributed by atoms with Crippen LogP contribution in [0.5, 0.6) is 5.75 Å². The summed E-state index contributed by atoms with van der Waals surface area (Å²) in [6.07, 6.45) is 0. The zero-order valence-electron chi connectivity index (χ0n) is 17.9. The molecule has 0 aliphatic carbocycles. The molecule has 0 aliphatic rings. The summed E-state index contributed by atoms with van der Waals surface area (Å²) in [5.74, 6) is 0.449. The lowest BCUT2D eigenvalue weighted by atomic mass is 10.1. The average Bonchev–Trinajstić information content (AvgIpc) is 2.74. The first-order chi connectivity index (χ1) is 15.8.